The van der Waals surface area contributed by atoms with Crippen LogP contribution in [0, 0.1) is 0 Å². The van der Waals surface area contributed by atoms with E-state index in [2.05, 4.69) is 0 Å². The SMILES string of the molecule is CC(=O)SC(N)=[NH2+].Cl. The maximum absolute atomic E-state index is 10.0. The molecule has 0 unspecified atom stereocenters. The van der Waals surface area contributed by atoms with E-state index in [0.29, 0.717) is 0 Å². The topological polar surface area (TPSA) is 68.7 Å². The van der Waals surface area contributed by atoms with E-state index in [1.165, 1.54) is 6.92 Å². The summed E-state index contributed by atoms with van der Waals surface area (Å²) >= 11 is 0.843. The van der Waals surface area contributed by atoms with Crippen molar-refractivity contribution in [2.24, 2.45) is 5.73 Å². The molecule has 4 N–H and O–H groups in total. The molecule has 0 atom stereocenters. The Hall–Kier alpha value is -0.220. The third-order valence-electron chi connectivity index (χ3n) is 0.262. The Morgan fingerprint density at radius 1 is 1.75 bits per heavy atom. The summed E-state index contributed by atoms with van der Waals surface area (Å²) in [4.78, 5) is 10.0. The Balaban J connectivity index is 0. The fraction of sp³-hybridized carbons (Fsp3) is 0.333. The van der Waals surface area contributed by atoms with E-state index in [4.69, 9.17) is 11.1 Å². The second kappa shape index (κ2) is 4.93. The van der Waals surface area contributed by atoms with Crippen molar-refractivity contribution in [2.45, 2.75) is 6.92 Å². The largest absolute Gasteiger partial charge is 0.307 e. The summed E-state index contributed by atoms with van der Waals surface area (Å²) in [6.45, 7) is 1.41. The molecule has 0 fully saturated rings. The summed E-state index contributed by atoms with van der Waals surface area (Å²) in [6.07, 6.45) is 0. The van der Waals surface area contributed by atoms with Crippen molar-refractivity contribution >= 4 is 34.5 Å². The van der Waals surface area contributed by atoms with E-state index < -0.39 is 0 Å². The first-order valence-electron chi connectivity index (χ1n) is 1.69. The molecule has 0 aromatic rings. The lowest BCUT2D eigenvalue weighted by Gasteiger charge is -1.79. The number of amidine groups is 1. The molecule has 0 aliphatic rings. The third kappa shape index (κ3) is 9.24. The van der Waals surface area contributed by atoms with E-state index in [9.17, 15) is 4.79 Å². The van der Waals surface area contributed by atoms with E-state index in [1.807, 2.05) is 0 Å². The number of hydrogen-bond acceptors (Lipinski definition) is 2. The summed E-state index contributed by atoms with van der Waals surface area (Å²) in [6, 6.07) is 0. The highest BCUT2D eigenvalue weighted by molar-refractivity contribution is 8.25. The van der Waals surface area contributed by atoms with Crippen LogP contribution in [0.3, 0.4) is 0 Å². The minimum absolute atomic E-state index is 0. The highest BCUT2D eigenvalue weighted by Crippen LogP contribution is 1.93. The highest BCUT2D eigenvalue weighted by atomic mass is 35.5. The average molecular weight is 156 g/mol. The predicted octanol–water partition coefficient (Wildman–Crippen LogP) is -1.24. The molecular formula is C3H8ClN2OS+. The van der Waals surface area contributed by atoms with Crippen molar-refractivity contribution in [3.63, 3.8) is 0 Å². The minimum Gasteiger partial charge on any atom is -0.287 e. The number of thioether (sulfide) groups is 1. The fourth-order valence-corrected chi connectivity index (χ4v) is 0.498. The fourth-order valence-electron chi connectivity index (χ4n) is 0.166. The van der Waals surface area contributed by atoms with Crippen molar-refractivity contribution in [1.29, 1.82) is 0 Å². The minimum atomic E-state index is -0.0833. The van der Waals surface area contributed by atoms with E-state index in [1.54, 1.807) is 0 Å². The average Bonchev–Trinajstić information content (AvgIpc) is 1.27. The van der Waals surface area contributed by atoms with E-state index in [0.717, 1.165) is 11.8 Å². The molecule has 8 heavy (non-hydrogen) atoms. The van der Waals surface area contributed by atoms with Gasteiger partial charge in [0.15, 0.2) is 5.12 Å². The van der Waals surface area contributed by atoms with Crippen molar-refractivity contribution < 1.29 is 10.2 Å². The van der Waals surface area contributed by atoms with Gasteiger partial charge in [0.2, 0.25) is 0 Å². The Morgan fingerprint density at radius 3 is 2.12 bits per heavy atom. The zero-order valence-corrected chi connectivity index (χ0v) is 6.01. The molecule has 0 radical (unpaired) electrons. The molecule has 48 valence electrons. The van der Waals surface area contributed by atoms with Crippen LogP contribution in [0.2, 0.25) is 0 Å². The number of carbonyl (C=O) groups excluding carboxylic acids is 1. The predicted molar refractivity (Wildman–Crippen MR) is 36.6 cm³/mol. The van der Waals surface area contributed by atoms with Gasteiger partial charge >= 0.3 is 5.17 Å². The molecule has 0 saturated carbocycles. The van der Waals surface area contributed by atoms with Gasteiger partial charge in [-0.15, -0.1) is 12.4 Å². The molecule has 0 amide bonds. The van der Waals surface area contributed by atoms with E-state index >= 15 is 0 Å². The maximum atomic E-state index is 10.0. The van der Waals surface area contributed by atoms with Gasteiger partial charge in [0, 0.05) is 18.7 Å². The lowest BCUT2D eigenvalue weighted by atomic mass is 10.9. The first-order chi connectivity index (χ1) is 3.13. The van der Waals surface area contributed by atoms with Crippen molar-refractivity contribution in [3.05, 3.63) is 0 Å². The summed E-state index contributed by atoms with van der Waals surface area (Å²) < 4.78 is 0. The van der Waals surface area contributed by atoms with E-state index in [-0.39, 0.29) is 22.7 Å². The monoisotopic (exact) mass is 155 g/mol. The molecule has 0 aromatic heterocycles. The Morgan fingerprint density at radius 2 is 2.12 bits per heavy atom. The number of hydrogen-bond donors (Lipinski definition) is 2. The lowest BCUT2D eigenvalue weighted by Crippen LogP contribution is -2.43. The molecule has 0 aliphatic heterocycles. The number of carbonyl (C=O) groups is 1. The molecule has 0 spiro atoms. The first kappa shape index (κ1) is 10.7. The molecule has 0 bridgehead atoms. The van der Waals surface area contributed by atoms with Crippen LogP contribution in [0.15, 0.2) is 0 Å². The van der Waals surface area contributed by atoms with Gasteiger partial charge in [-0.1, -0.05) is 0 Å². The molecule has 0 aliphatic carbocycles. The van der Waals surface area contributed by atoms with Gasteiger partial charge in [-0.05, 0) is 0 Å². The van der Waals surface area contributed by atoms with Gasteiger partial charge in [-0.25, -0.2) is 0 Å². The van der Waals surface area contributed by atoms with Crippen molar-refractivity contribution in [3.8, 4) is 0 Å². The zero-order chi connectivity index (χ0) is 5.86. The van der Waals surface area contributed by atoms with Crippen molar-refractivity contribution in [1.82, 2.24) is 0 Å². The Bertz CT molecular complexity index is 93.5. The molecule has 0 aromatic carbocycles. The first-order valence-corrected chi connectivity index (χ1v) is 2.51. The molecule has 0 heterocycles. The van der Waals surface area contributed by atoms with Crippen LogP contribution in [0.4, 0.5) is 0 Å². The number of halogens is 1. The molecule has 3 nitrogen and oxygen atoms in total. The molecule has 5 heteroatoms. The summed E-state index contributed by atoms with van der Waals surface area (Å²) in [5.41, 5.74) is 4.93. The van der Waals surface area contributed by atoms with Crippen LogP contribution in [0.1, 0.15) is 6.92 Å². The molecular weight excluding hydrogens is 148 g/mol. The lowest BCUT2D eigenvalue weighted by molar-refractivity contribution is -0.111. The number of nitrogens with two attached hydrogens (primary N) is 2. The second-order valence-corrected chi connectivity index (χ2v) is 2.25. The van der Waals surface area contributed by atoms with Crippen LogP contribution in [-0.4, -0.2) is 10.3 Å². The van der Waals surface area contributed by atoms with Gasteiger partial charge in [0.05, 0.1) is 0 Å². The van der Waals surface area contributed by atoms with Gasteiger partial charge in [-0.2, -0.15) is 0 Å². The Kier molecular flexibility index (Phi) is 6.59. The Labute approximate surface area is 57.9 Å². The maximum Gasteiger partial charge on any atom is 0.307 e. The summed E-state index contributed by atoms with van der Waals surface area (Å²) in [7, 11) is 0. The summed E-state index contributed by atoms with van der Waals surface area (Å²) in [5, 5.41) is 4.95. The standard InChI is InChI=1S/C3H6N2OS.ClH/c1-2(6)7-3(4)5;/h1H3,(H3,4,5);1H/p+1. The quantitative estimate of drug-likeness (QED) is 0.340. The summed E-state index contributed by atoms with van der Waals surface area (Å²) in [5.74, 6) is 0. The number of rotatable bonds is 0. The van der Waals surface area contributed by atoms with Crippen LogP contribution in [-0.2, 0) is 4.79 Å². The van der Waals surface area contributed by atoms with Crippen LogP contribution in [0.25, 0.3) is 0 Å². The third-order valence-corrected chi connectivity index (χ3v) is 0.785. The van der Waals surface area contributed by atoms with Crippen molar-refractivity contribution in [2.75, 3.05) is 0 Å². The van der Waals surface area contributed by atoms with Gasteiger partial charge in [-0.3, -0.25) is 15.9 Å². The normalized spacial score (nSPS) is 7.12. The molecule has 0 rings (SSSR count). The second-order valence-electron chi connectivity index (χ2n) is 0.996. The van der Waals surface area contributed by atoms with Crippen LogP contribution < -0.4 is 11.1 Å². The smallest absolute Gasteiger partial charge is 0.287 e. The van der Waals surface area contributed by atoms with Gasteiger partial charge < -0.3 is 0 Å². The zero-order valence-electron chi connectivity index (χ0n) is 4.38. The van der Waals surface area contributed by atoms with Crippen LogP contribution in [0.5, 0.6) is 0 Å². The molecule has 0 saturated heterocycles. The van der Waals surface area contributed by atoms with Crippen LogP contribution >= 0.6 is 24.2 Å². The van der Waals surface area contributed by atoms with Gasteiger partial charge in [0.1, 0.15) is 0 Å². The highest BCUT2D eigenvalue weighted by Gasteiger charge is 1.98. The van der Waals surface area contributed by atoms with Gasteiger partial charge in [0.25, 0.3) is 0 Å².